The van der Waals surface area contributed by atoms with E-state index in [-0.39, 0.29) is 6.54 Å². The van der Waals surface area contributed by atoms with Gasteiger partial charge in [-0.25, -0.2) is 0 Å². The summed E-state index contributed by atoms with van der Waals surface area (Å²) in [5.74, 6) is -0.868. The molecule has 2 N–H and O–H groups in total. The summed E-state index contributed by atoms with van der Waals surface area (Å²) < 4.78 is 0. The van der Waals surface area contributed by atoms with E-state index in [1.54, 1.807) is 32.0 Å². The molecule has 0 aliphatic heterocycles. The lowest BCUT2D eigenvalue weighted by atomic mass is 9.90. The summed E-state index contributed by atoms with van der Waals surface area (Å²) in [6.45, 7) is 3.32. The maximum atomic E-state index is 12.5. The van der Waals surface area contributed by atoms with Crippen LogP contribution in [0, 0.1) is 5.41 Å². The Morgan fingerprint density at radius 2 is 1.60 bits per heavy atom. The zero-order valence-corrected chi connectivity index (χ0v) is 16.0. The first-order valence-electron chi connectivity index (χ1n) is 7.50. The standard InChI is InChI=1S/C18H17Cl3N2O2/c1-18(2,16(24)22-10-11-5-3-4-6-13(11)19)17(25)23-12-7-8-14(20)15(21)9-12/h3-9H,10H2,1-2H3,(H,22,24)(H,23,25). The van der Waals surface area contributed by atoms with Gasteiger partial charge in [0.15, 0.2) is 0 Å². The zero-order valence-electron chi connectivity index (χ0n) is 13.7. The molecule has 0 radical (unpaired) electrons. The number of anilines is 1. The fourth-order valence-electron chi connectivity index (χ4n) is 2.00. The van der Waals surface area contributed by atoms with E-state index in [4.69, 9.17) is 34.8 Å². The van der Waals surface area contributed by atoms with E-state index in [0.29, 0.717) is 20.8 Å². The molecule has 0 aliphatic rings. The van der Waals surface area contributed by atoms with Gasteiger partial charge in [-0.1, -0.05) is 53.0 Å². The molecule has 2 amide bonds. The van der Waals surface area contributed by atoms with Crippen LogP contribution in [-0.2, 0) is 16.1 Å². The average Bonchev–Trinajstić information content (AvgIpc) is 2.57. The van der Waals surface area contributed by atoms with Crippen LogP contribution in [0.2, 0.25) is 15.1 Å². The van der Waals surface area contributed by atoms with E-state index in [1.807, 2.05) is 18.2 Å². The van der Waals surface area contributed by atoms with Gasteiger partial charge in [0.1, 0.15) is 5.41 Å². The zero-order chi connectivity index (χ0) is 18.6. The second kappa shape index (κ2) is 8.09. The number of carbonyl (C=O) groups is 2. The third-order valence-corrected chi connectivity index (χ3v) is 4.82. The van der Waals surface area contributed by atoms with Crippen LogP contribution in [0.3, 0.4) is 0 Å². The van der Waals surface area contributed by atoms with Crippen molar-refractivity contribution in [3.8, 4) is 0 Å². The van der Waals surface area contributed by atoms with E-state index in [2.05, 4.69) is 10.6 Å². The maximum absolute atomic E-state index is 12.5. The highest BCUT2D eigenvalue weighted by atomic mass is 35.5. The van der Waals surface area contributed by atoms with Gasteiger partial charge in [0.05, 0.1) is 10.0 Å². The molecule has 0 aliphatic carbocycles. The number of hydrogen-bond donors (Lipinski definition) is 2. The highest BCUT2D eigenvalue weighted by Crippen LogP contribution is 2.26. The lowest BCUT2D eigenvalue weighted by Gasteiger charge is -2.23. The Labute approximate surface area is 161 Å². The molecule has 132 valence electrons. The van der Waals surface area contributed by atoms with Crippen molar-refractivity contribution in [2.45, 2.75) is 20.4 Å². The minimum atomic E-state index is -1.28. The predicted octanol–water partition coefficient (Wildman–Crippen LogP) is 4.93. The van der Waals surface area contributed by atoms with Crippen molar-refractivity contribution in [2.24, 2.45) is 5.41 Å². The third-order valence-electron chi connectivity index (χ3n) is 3.71. The van der Waals surface area contributed by atoms with Gasteiger partial charge >= 0.3 is 0 Å². The van der Waals surface area contributed by atoms with Crippen LogP contribution in [0.4, 0.5) is 5.69 Å². The second-order valence-electron chi connectivity index (χ2n) is 5.98. The van der Waals surface area contributed by atoms with Gasteiger partial charge in [-0.15, -0.1) is 0 Å². The first-order valence-corrected chi connectivity index (χ1v) is 8.63. The lowest BCUT2D eigenvalue weighted by molar-refractivity contribution is -0.138. The maximum Gasteiger partial charge on any atom is 0.239 e. The molecule has 4 nitrogen and oxygen atoms in total. The van der Waals surface area contributed by atoms with Crippen LogP contribution in [0.5, 0.6) is 0 Å². The number of carbonyl (C=O) groups excluding carboxylic acids is 2. The molecule has 0 saturated heterocycles. The number of hydrogen-bond acceptors (Lipinski definition) is 2. The molecule has 25 heavy (non-hydrogen) atoms. The summed E-state index contributed by atoms with van der Waals surface area (Å²) in [4.78, 5) is 24.9. The van der Waals surface area contributed by atoms with E-state index in [9.17, 15) is 9.59 Å². The number of benzene rings is 2. The summed E-state index contributed by atoms with van der Waals surface area (Å²) in [5.41, 5.74) is -0.0440. The molecule has 0 heterocycles. The average molecular weight is 400 g/mol. The highest BCUT2D eigenvalue weighted by Gasteiger charge is 2.36. The molecule has 7 heteroatoms. The Morgan fingerprint density at radius 1 is 0.920 bits per heavy atom. The van der Waals surface area contributed by atoms with Crippen molar-refractivity contribution in [1.29, 1.82) is 0 Å². The van der Waals surface area contributed by atoms with Gasteiger partial charge in [0.2, 0.25) is 11.8 Å². The predicted molar refractivity (Wildman–Crippen MR) is 102 cm³/mol. The van der Waals surface area contributed by atoms with Crippen LogP contribution >= 0.6 is 34.8 Å². The molecular weight excluding hydrogens is 383 g/mol. The van der Waals surface area contributed by atoms with Gasteiger partial charge in [-0.2, -0.15) is 0 Å². The molecule has 0 aromatic heterocycles. The monoisotopic (exact) mass is 398 g/mol. The SMILES string of the molecule is CC(C)(C(=O)NCc1ccccc1Cl)C(=O)Nc1ccc(Cl)c(Cl)c1. The summed E-state index contributed by atoms with van der Waals surface area (Å²) in [6, 6.07) is 11.9. The van der Waals surface area contributed by atoms with Crippen molar-refractivity contribution >= 4 is 52.3 Å². The van der Waals surface area contributed by atoms with E-state index in [0.717, 1.165) is 5.56 Å². The first kappa shape index (κ1) is 19.6. The summed E-state index contributed by atoms with van der Waals surface area (Å²) in [5, 5.41) is 6.67. The van der Waals surface area contributed by atoms with Gasteiger partial charge in [0.25, 0.3) is 0 Å². The Balaban J connectivity index is 2.03. The van der Waals surface area contributed by atoms with Crippen molar-refractivity contribution in [3.63, 3.8) is 0 Å². The van der Waals surface area contributed by atoms with Crippen LogP contribution in [0.15, 0.2) is 42.5 Å². The normalized spacial score (nSPS) is 11.1. The molecule has 2 aromatic carbocycles. The number of rotatable bonds is 5. The second-order valence-corrected chi connectivity index (χ2v) is 7.20. The van der Waals surface area contributed by atoms with Crippen LogP contribution in [0.25, 0.3) is 0 Å². The molecule has 2 aromatic rings. The van der Waals surface area contributed by atoms with E-state index >= 15 is 0 Å². The summed E-state index contributed by atoms with van der Waals surface area (Å²) in [7, 11) is 0. The quantitative estimate of drug-likeness (QED) is 0.701. The molecule has 0 fully saturated rings. The Morgan fingerprint density at radius 3 is 2.24 bits per heavy atom. The fraction of sp³-hybridized carbons (Fsp3) is 0.222. The highest BCUT2D eigenvalue weighted by molar-refractivity contribution is 6.42. The summed E-state index contributed by atoms with van der Waals surface area (Å²) in [6.07, 6.45) is 0. The van der Waals surface area contributed by atoms with Crippen molar-refractivity contribution in [1.82, 2.24) is 5.32 Å². The topological polar surface area (TPSA) is 58.2 Å². The van der Waals surface area contributed by atoms with Gasteiger partial charge < -0.3 is 10.6 Å². The van der Waals surface area contributed by atoms with E-state index in [1.165, 1.54) is 6.07 Å². The Hall–Kier alpha value is -1.75. The van der Waals surface area contributed by atoms with Gasteiger partial charge in [-0.05, 0) is 43.7 Å². The van der Waals surface area contributed by atoms with Crippen molar-refractivity contribution < 1.29 is 9.59 Å². The summed E-state index contributed by atoms with van der Waals surface area (Å²) >= 11 is 17.8. The van der Waals surface area contributed by atoms with Crippen LogP contribution in [0.1, 0.15) is 19.4 Å². The van der Waals surface area contributed by atoms with Crippen molar-refractivity contribution in [3.05, 3.63) is 63.1 Å². The fourth-order valence-corrected chi connectivity index (χ4v) is 2.50. The number of nitrogens with one attached hydrogen (secondary N) is 2. The van der Waals surface area contributed by atoms with Crippen LogP contribution < -0.4 is 10.6 Å². The van der Waals surface area contributed by atoms with E-state index < -0.39 is 17.2 Å². The largest absolute Gasteiger partial charge is 0.351 e. The third kappa shape index (κ3) is 4.88. The molecule has 0 spiro atoms. The molecule has 2 rings (SSSR count). The molecule has 0 atom stereocenters. The minimum absolute atomic E-state index is 0.238. The minimum Gasteiger partial charge on any atom is -0.351 e. The van der Waals surface area contributed by atoms with Crippen LogP contribution in [-0.4, -0.2) is 11.8 Å². The smallest absolute Gasteiger partial charge is 0.239 e. The Bertz CT molecular complexity index is 807. The lowest BCUT2D eigenvalue weighted by Crippen LogP contribution is -2.44. The molecule has 0 saturated carbocycles. The Kier molecular flexibility index (Phi) is 6.33. The van der Waals surface area contributed by atoms with Gasteiger partial charge in [-0.3, -0.25) is 9.59 Å². The number of halogens is 3. The molecular formula is C18H17Cl3N2O2. The van der Waals surface area contributed by atoms with Gasteiger partial charge in [0, 0.05) is 17.3 Å². The first-order chi connectivity index (χ1) is 11.7. The molecule has 0 unspecified atom stereocenters. The van der Waals surface area contributed by atoms with Crippen molar-refractivity contribution in [2.75, 3.05) is 5.32 Å². The molecule has 0 bridgehead atoms. The number of amides is 2.